The van der Waals surface area contributed by atoms with Crippen molar-refractivity contribution in [1.29, 1.82) is 0 Å². The van der Waals surface area contributed by atoms with Crippen LogP contribution in [0.25, 0.3) is 11.3 Å². The summed E-state index contributed by atoms with van der Waals surface area (Å²) >= 11 is 0. The van der Waals surface area contributed by atoms with Crippen molar-refractivity contribution < 1.29 is 14.6 Å². The number of ether oxygens (including phenoxy) is 2. The molecule has 6 heteroatoms. The third-order valence-electron chi connectivity index (χ3n) is 5.14. The quantitative estimate of drug-likeness (QED) is 0.655. The molecule has 0 bridgehead atoms. The second kappa shape index (κ2) is 6.71. The van der Waals surface area contributed by atoms with E-state index in [2.05, 4.69) is 30.2 Å². The molecule has 2 N–H and O–H groups in total. The summed E-state index contributed by atoms with van der Waals surface area (Å²) < 4.78 is 10.6. The highest BCUT2D eigenvalue weighted by Gasteiger charge is 2.32. The molecule has 2 aromatic carbocycles. The summed E-state index contributed by atoms with van der Waals surface area (Å²) in [6, 6.07) is 11.2. The minimum atomic E-state index is -0.00274. The fraction of sp³-hybridized carbons (Fsp3) is 0.273. The Morgan fingerprint density at radius 2 is 1.89 bits per heavy atom. The fourth-order valence-corrected chi connectivity index (χ4v) is 3.72. The van der Waals surface area contributed by atoms with Crippen molar-refractivity contribution in [2.45, 2.75) is 25.7 Å². The summed E-state index contributed by atoms with van der Waals surface area (Å²) in [7, 11) is 3.18. The monoisotopic (exact) mass is 377 g/mol. The summed E-state index contributed by atoms with van der Waals surface area (Å²) in [5, 5.41) is 13.0. The van der Waals surface area contributed by atoms with Crippen LogP contribution in [0.2, 0.25) is 0 Å². The highest BCUT2D eigenvalue weighted by atomic mass is 16.5. The Morgan fingerprint density at radius 1 is 1.07 bits per heavy atom. The standard InChI is InChI=1S/C22H23N3O3/c1-22(2)11-13-12-23-21(24-14-5-8-18(26)19(9-14)28-4)25-20(13)16-10-15(27-3)6-7-17(16)22/h5-10,12,26H,11H2,1-4H3,(H,23,24,25). The third-order valence-corrected chi connectivity index (χ3v) is 5.14. The number of aromatic hydroxyl groups is 1. The normalized spacial score (nSPS) is 14.0. The third kappa shape index (κ3) is 3.11. The van der Waals surface area contributed by atoms with Gasteiger partial charge in [0.15, 0.2) is 11.5 Å². The van der Waals surface area contributed by atoms with Gasteiger partial charge in [-0.25, -0.2) is 9.97 Å². The smallest absolute Gasteiger partial charge is 0.227 e. The predicted octanol–water partition coefficient (Wildman–Crippen LogP) is 4.44. The summed E-state index contributed by atoms with van der Waals surface area (Å²) in [6.07, 6.45) is 2.75. The van der Waals surface area contributed by atoms with E-state index < -0.39 is 0 Å². The van der Waals surface area contributed by atoms with Crippen LogP contribution in [0.1, 0.15) is 25.0 Å². The molecule has 0 fully saturated rings. The van der Waals surface area contributed by atoms with Gasteiger partial charge < -0.3 is 19.9 Å². The first-order valence-corrected chi connectivity index (χ1v) is 9.10. The van der Waals surface area contributed by atoms with Crippen molar-refractivity contribution in [2.24, 2.45) is 0 Å². The number of rotatable bonds is 4. The highest BCUT2D eigenvalue weighted by molar-refractivity contribution is 5.74. The molecule has 1 aromatic heterocycles. The maximum atomic E-state index is 9.77. The van der Waals surface area contributed by atoms with E-state index in [9.17, 15) is 5.11 Å². The van der Waals surface area contributed by atoms with E-state index in [0.717, 1.165) is 34.7 Å². The zero-order chi connectivity index (χ0) is 19.9. The molecule has 144 valence electrons. The van der Waals surface area contributed by atoms with Crippen molar-refractivity contribution in [2.75, 3.05) is 19.5 Å². The van der Waals surface area contributed by atoms with E-state index in [1.165, 1.54) is 12.7 Å². The summed E-state index contributed by atoms with van der Waals surface area (Å²) in [4.78, 5) is 9.28. The molecule has 0 radical (unpaired) electrons. The van der Waals surface area contributed by atoms with Crippen LogP contribution in [0.3, 0.4) is 0 Å². The topological polar surface area (TPSA) is 76.5 Å². The average Bonchev–Trinajstić information content (AvgIpc) is 2.69. The predicted molar refractivity (Wildman–Crippen MR) is 109 cm³/mol. The first-order chi connectivity index (χ1) is 13.4. The van der Waals surface area contributed by atoms with Gasteiger partial charge in [0, 0.05) is 23.5 Å². The Hall–Kier alpha value is -3.28. The van der Waals surface area contributed by atoms with E-state index in [-0.39, 0.29) is 11.2 Å². The van der Waals surface area contributed by atoms with E-state index in [1.54, 1.807) is 25.3 Å². The molecule has 0 atom stereocenters. The largest absolute Gasteiger partial charge is 0.504 e. The van der Waals surface area contributed by atoms with Crippen LogP contribution in [-0.4, -0.2) is 29.3 Å². The van der Waals surface area contributed by atoms with Crippen molar-refractivity contribution in [3.8, 4) is 28.5 Å². The molecule has 0 saturated carbocycles. The minimum absolute atomic E-state index is 0.00274. The Morgan fingerprint density at radius 3 is 2.64 bits per heavy atom. The molecule has 4 rings (SSSR count). The van der Waals surface area contributed by atoms with Crippen LogP contribution in [0.5, 0.6) is 17.2 Å². The number of fused-ring (bicyclic) bond motifs is 3. The molecular formula is C22H23N3O3. The number of phenolic OH excluding ortho intramolecular Hbond substituents is 1. The van der Waals surface area contributed by atoms with E-state index in [0.29, 0.717) is 11.7 Å². The van der Waals surface area contributed by atoms with E-state index >= 15 is 0 Å². The summed E-state index contributed by atoms with van der Waals surface area (Å²) in [5.74, 6) is 1.77. The molecule has 0 aliphatic heterocycles. The van der Waals surface area contributed by atoms with Gasteiger partial charge in [0.05, 0.1) is 19.9 Å². The Kier molecular flexibility index (Phi) is 4.34. The van der Waals surface area contributed by atoms with Crippen LogP contribution in [-0.2, 0) is 11.8 Å². The number of hydrogen-bond acceptors (Lipinski definition) is 6. The number of nitrogens with one attached hydrogen (secondary N) is 1. The Bertz CT molecular complexity index is 1050. The van der Waals surface area contributed by atoms with Crippen molar-refractivity contribution in [3.05, 3.63) is 53.7 Å². The van der Waals surface area contributed by atoms with Gasteiger partial charge in [-0.1, -0.05) is 19.9 Å². The zero-order valence-corrected chi connectivity index (χ0v) is 16.4. The van der Waals surface area contributed by atoms with Gasteiger partial charge in [0.1, 0.15) is 5.75 Å². The number of hydrogen-bond donors (Lipinski definition) is 2. The molecule has 1 heterocycles. The minimum Gasteiger partial charge on any atom is -0.504 e. The lowest BCUT2D eigenvalue weighted by Gasteiger charge is -2.33. The first kappa shape index (κ1) is 18.1. The molecule has 1 aliphatic rings. The second-order valence-corrected chi connectivity index (χ2v) is 7.55. The van der Waals surface area contributed by atoms with Gasteiger partial charge in [-0.15, -0.1) is 0 Å². The number of methoxy groups -OCH3 is 2. The van der Waals surface area contributed by atoms with Crippen molar-refractivity contribution >= 4 is 11.6 Å². The maximum absolute atomic E-state index is 9.77. The van der Waals surface area contributed by atoms with Crippen molar-refractivity contribution in [3.63, 3.8) is 0 Å². The van der Waals surface area contributed by atoms with Crippen LogP contribution in [0.15, 0.2) is 42.6 Å². The second-order valence-electron chi connectivity index (χ2n) is 7.55. The molecule has 1 aliphatic carbocycles. The number of nitrogens with zero attached hydrogens (tertiary/aromatic N) is 2. The molecule has 0 spiro atoms. The maximum Gasteiger partial charge on any atom is 0.227 e. The molecule has 28 heavy (non-hydrogen) atoms. The first-order valence-electron chi connectivity index (χ1n) is 9.10. The van der Waals surface area contributed by atoms with Gasteiger partial charge in [-0.2, -0.15) is 0 Å². The number of benzene rings is 2. The molecule has 6 nitrogen and oxygen atoms in total. The number of phenols is 1. The van der Waals surface area contributed by atoms with Crippen LogP contribution in [0.4, 0.5) is 11.6 Å². The summed E-state index contributed by atoms with van der Waals surface area (Å²) in [5.41, 5.74) is 5.07. The van der Waals surface area contributed by atoms with Gasteiger partial charge in [-0.3, -0.25) is 0 Å². The Labute approximate surface area is 164 Å². The summed E-state index contributed by atoms with van der Waals surface area (Å²) in [6.45, 7) is 4.46. The Balaban J connectivity index is 1.76. The van der Waals surface area contributed by atoms with Crippen LogP contribution in [0, 0.1) is 0 Å². The highest BCUT2D eigenvalue weighted by Crippen LogP contribution is 2.43. The SMILES string of the molecule is COc1ccc2c(c1)-c1nc(Nc3ccc(O)c(OC)c3)ncc1CC2(C)C. The zero-order valence-electron chi connectivity index (χ0n) is 16.4. The number of anilines is 2. The van der Waals surface area contributed by atoms with Crippen LogP contribution < -0.4 is 14.8 Å². The molecular weight excluding hydrogens is 354 g/mol. The lowest BCUT2D eigenvalue weighted by Crippen LogP contribution is -2.26. The number of aromatic nitrogens is 2. The molecule has 0 amide bonds. The van der Waals surface area contributed by atoms with Gasteiger partial charge in [0.2, 0.25) is 5.95 Å². The van der Waals surface area contributed by atoms with E-state index in [1.807, 2.05) is 18.3 Å². The molecule has 0 unspecified atom stereocenters. The molecule has 0 saturated heterocycles. The average molecular weight is 377 g/mol. The lowest BCUT2D eigenvalue weighted by atomic mass is 9.72. The van der Waals surface area contributed by atoms with Crippen molar-refractivity contribution in [1.82, 2.24) is 9.97 Å². The van der Waals surface area contributed by atoms with Crippen LogP contribution >= 0.6 is 0 Å². The van der Waals surface area contributed by atoms with Gasteiger partial charge in [0.25, 0.3) is 0 Å². The van der Waals surface area contributed by atoms with Gasteiger partial charge >= 0.3 is 0 Å². The van der Waals surface area contributed by atoms with E-state index in [4.69, 9.17) is 14.5 Å². The fourth-order valence-electron chi connectivity index (χ4n) is 3.72. The lowest BCUT2D eigenvalue weighted by molar-refractivity contribution is 0.374. The van der Waals surface area contributed by atoms with Gasteiger partial charge in [-0.05, 0) is 47.2 Å². The molecule has 3 aromatic rings.